The molecule has 2 aliphatic rings. The number of ether oxygens (including phenoxy) is 3. The van der Waals surface area contributed by atoms with E-state index < -0.39 is 5.92 Å². The average Bonchev–Trinajstić information content (AvgIpc) is 3.05. The summed E-state index contributed by atoms with van der Waals surface area (Å²) in [5.74, 6) is 1.35. The quantitative estimate of drug-likeness (QED) is 0.467. The molecule has 0 amide bonds. The fourth-order valence-corrected chi connectivity index (χ4v) is 4.99. The van der Waals surface area contributed by atoms with Gasteiger partial charge in [-0.05, 0) is 47.5 Å². The molecule has 7 nitrogen and oxygen atoms in total. The van der Waals surface area contributed by atoms with E-state index in [0.717, 1.165) is 28.2 Å². The molecule has 7 heteroatoms. The van der Waals surface area contributed by atoms with Crippen LogP contribution in [0.5, 0.6) is 23.0 Å². The van der Waals surface area contributed by atoms with E-state index in [-0.39, 0.29) is 23.5 Å². The van der Waals surface area contributed by atoms with Crippen LogP contribution >= 0.6 is 0 Å². The van der Waals surface area contributed by atoms with Crippen molar-refractivity contribution in [3.63, 3.8) is 0 Å². The first kappa shape index (κ1) is 22.7. The van der Waals surface area contributed by atoms with Crippen molar-refractivity contribution in [3.05, 3.63) is 83.6 Å². The Morgan fingerprint density at radius 2 is 1.51 bits per heavy atom. The lowest BCUT2D eigenvalue weighted by atomic mass is 9.76. The number of Topliss-reactive ketones (excluding diaryl/α,β-unsaturated/α-hetero) is 1. The van der Waals surface area contributed by atoms with Crippen molar-refractivity contribution in [2.24, 2.45) is 5.92 Å². The summed E-state index contributed by atoms with van der Waals surface area (Å²) in [7, 11) is 4.73. The number of nitrogens with one attached hydrogen (secondary N) is 2. The Morgan fingerprint density at radius 1 is 0.857 bits per heavy atom. The molecule has 3 N–H and O–H groups in total. The summed E-state index contributed by atoms with van der Waals surface area (Å²) in [4.78, 5) is 13.7. The van der Waals surface area contributed by atoms with Gasteiger partial charge in [-0.3, -0.25) is 4.79 Å². The number of anilines is 2. The van der Waals surface area contributed by atoms with Gasteiger partial charge in [-0.25, -0.2) is 0 Å². The van der Waals surface area contributed by atoms with Crippen molar-refractivity contribution in [2.75, 3.05) is 32.0 Å². The number of phenols is 1. The van der Waals surface area contributed by atoms with Gasteiger partial charge in [0, 0.05) is 18.0 Å². The van der Waals surface area contributed by atoms with Gasteiger partial charge < -0.3 is 30.0 Å². The van der Waals surface area contributed by atoms with Crippen LogP contribution in [0.2, 0.25) is 0 Å². The number of methoxy groups -OCH3 is 3. The molecule has 0 saturated carbocycles. The van der Waals surface area contributed by atoms with Crippen molar-refractivity contribution >= 4 is 17.2 Å². The van der Waals surface area contributed by atoms with Crippen LogP contribution in [0.3, 0.4) is 0 Å². The van der Waals surface area contributed by atoms with Crippen LogP contribution in [0.1, 0.15) is 29.5 Å². The van der Waals surface area contributed by atoms with Crippen LogP contribution in [0.4, 0.5) is 11.4 Å². The van der Waals surface area contributed by atoms with Crippen LogP contribution in [-0.4, -0.2) is 32.2 Å². The number of ketones is 1. The van der Waals surface area contributed by atoms with Gasteiger partial charge in [-0.1, -0.05) is 30.3 Å². The number of carbonyl (C=O) groups is 1. The Kier molecular flexibility index (Phi) is 5.99. The SMILES string of the molecule is COc1cc(C2C=C3Nc4ccccc4NC(c4ccc(O)cc4)C3C(=O)C2)cc(OC)c1OC. The molecule has 0 saturated heterocycles. The lowest BCUT2D eigenvalue weighted by molar-refractivity contribution is -0.122. The number of phenolic OH excluding ortho intramolecular Hbond substituents is 1. The molecule has 1 aliphatic heterocycles. The topological polar surface area (TPSA) is 89.1 Å². The molecule has 3 aromatic rings. The largest absolute Gasteiger partial charge is 0.508 e. The normalized spacial score (nSPS) is 20.8. The lowest BCUT2D eigenvalue weighted by Crippen LogP contribution is -2.33. The maximum atomic E-state index is 13.7. The predicted octanol–water partition coefficient (Wildman–Crippen LogP) is 5.25. The molecular weight excluding hydrogens is 444 g/mol. The highest BCUT2D eigenvalue weighted by Gasteiger charge is 2.40. The first-order valence-corrected chi connectivity index (χ1v) is 11.5. The zero-order valence-electron chi connectivity index (χ0n) is 19.9. The Bertz CT molecular complexity index is 1260. The molecular formula is C28H28N2O5. The summed E-state index contributed by atoms with van der Waals surface area (Å²) in [5.41, 5.74) is 4.50. The Hall–Kier alpha value is -4.13. The number of aromatic hydroxyl groups is 1. The highest BCUT2D eigenvalue weighted by Crippen LogP contribution is 2.47. The number of para-hydroxylation sites is 2. The monoisotopic (exact) mass is 472 g/mol. The van der Waals surface area contributed by atoms with Gasteiger partial charge in [0.2, 0.25) is 5.75 Å². The van der Waals surface area contributed by atoms with Crippen molar-refractivity contribution in [3.8, 4) is 23.0 Å². The number of hydrogen-bond acceptors (Lipinski definition) is 7. The van der Waals surface area contributed by atoms with E-state index in [4.69, 9.17) is 14.2 Å². The van der Waals surface area contributed by atoms with Gasteiger partial charge >= 0.3 is 0 Å². The van der Waals surface area contributed by atoms with Gasteiger partial charge in [0.25, 0.3) is 0 Å². The smallest absolute Gasteiger partial charge is 0.203 e. The second-order valence-electron chi connectivity index (χ2n) is 8.72. The summed E-state index contributed by atoms with van der Waals surface area (Å²) < 4.78 is 16.5. The van der Waals surface area contributed by atoms with E-state index >= 15 is 0 Å². The third kappa shape index (κ3) is 4.14. The summed E-state index contributed by atoms with van der Waals surface area (Å²) in [6.07, 6.45) is 2.46. The van der Waals surface area contributed by atoms with Crippen molar-refractivity contribution < 1.29 is 24.1 Å². The second-order valence-corrected chi connectivity index (χ2v) is 8.72. The Morgan fingerprint density at radius 3 is 2.14 bits per heavy atom. The molecule has 1 aliphatic carbocycles. The third-order valence-corrected chi connectivity index (χ3v) is 6.70. The lowest BCUT2D eigenvalue weighted by Gasteiger charge is -2.32. The van der Waals surface area contributed by atoms with Crippen LogP contribution in [0.15, 0.2) is 72.4 Å². The van der Waals surface area contributed by atoms with Crippen LogP contribution in [-0.2, 0) is 4.79 Å². The molecule has 1 heterocycles. The van der Waals surface area contributed by atoms with E-state index in [1.807, 2.05) is 48.5 Å². The first-order chi connectivity index (χ1) is 17.0. The van der Waals surface area contributed by atoms with Gasteiger partial charge in [-0.2, -0.15) is 0 Å². The number of fused-ring (bicyclic) bond motifs is 2. The maximum Gasteiger partial charge on any atom is 0.203 e. The molecule has 0 radical (unpaired) electrons. The molecule has 0 bridgehead atoms. The minimum Gasteiger partial charge on any atom is -0.508 e. The van der Waals surface area contributed by atoms with Gasteiger partial charge in [0.15, 0.2) is 11.5 Å². The minimum absolute atomic E-state index is 0.118. The number of benzene rings is 3. The minimum atomic E-state index is -0.412. The molecule has 3 aromatic carbocycles. The predicted molar refractivity (Wildman–Crippen MR) is 135 cm³/mol. The molecule has 3 unspecified atom stereocenters. The van der Waals surface area contributed by atoms with E-state index in [1.165, 1.54) is 0 Å². The molecule has 180 valence electrons. The molecule has 0 spiro atoms. The highest BCUT2D eigenvalue weighted by molar-refractivity contribution is 5.90. The second kappa shape index (κ2) is 9.25. The summed E-state index contributed by atoms with van der Waals surface area (Å²) in [5, 5.41) is 16.9. The average molecular weight is 473 g/mol. The number of rotatable bonds is 5. The molecule has 0 fully saturated rings. The van der Waals surface area contributed by atoms with Gasteiger partial charge in [0.1, 0.15) is 11.5 Å². The van der Waals surface area contributed by atoms with Gasteiger partial charge in [0.05, 0.1) is 44.7 Å². The maximum absolute atomic E-state index is 13.7. The third-order valence-electron chi connectivity index (χ3n) is 6.70. The number of carbonyl (C=O) groups excluding carboxylic acids is 1. The summed E-state index contributed by atoms with van der Waals surface area (Å²) >= 11 is 0. The van der Waals surface area contributed by atoms with E-state index in [9.17, 15) is 9.90 Å². The molecule has 35 heavy (non-hydrogen) atoms. The molecule has 0 aromatic heterocycles. The van der Waals surface area contributed by atoms with E-state index in [1.54, 1.807) is 33.5 Å². The van der Waals surface area contributed by atoms with Crippen molar-refractivity contribution in [1.82, 2.24) is 0 Å². The fraction of sp³-hybridized carbons (Fsp3) is 0.250. The first-order valence-electron chi connectivity index (χ1n) is 11.5. The van der Waals surface area contributed by atoms with E-state index in [2.05, 4.69) is 16.7 Å². The van der Waals surface area contributed by atoms with Crippen molar-refractivity contribution in [2.45, 2.75) is 18.4 Å². The Balaban J connectivity index is 1.61. The number of hydrogen-bond donors (Lipinski definition) is 3. The van der Waals surface area contributed by atoms with E-state index in [0.29, 0.717) is 23.7 Å². The number of allylic oxidation sites excluding steroid dienone is 1. The zero-order chi connectivity index (χ0) is 24.5. The van der Waals surface area contributed by atoms with Crippen LogP contribution < -0.4 is 24.8 Å². The highest BCUT2D eigenvalue weighted by atomic mass is 16.5. The zero-order valence-corrected chi connectivity index (χ0v) is 19.9. The molecule has 5 rings (SSSR count). The molecule has 3 atom stereocenters. The fourth-order valence-electron chi connectivity index (χ4n) is 4.99. The van der Waals surface area contributed by atoms with Crippen molar-refractivity contribution in [1.29, 1.82) is 0 Å². The summed E-state index contributed by atoms with van der Waals surface area (Å²) in [6, 6.07) is 18.4. The summed E-state index contributed by atoms with van der Waals surface area (Å²) in [6.45, 7) is 0. The van der Waals surface area contributed by atoms with Gasteiger partial charge in [-0.15, -0.1) is 0 Å². The van der Waals surface area contributed by atoms with Crippen LogP contribution in [0, 0.1) is 5.92 Å². The standard InChI is InChI=1S/C28H28N2O5/c1-33-24-14-18(15-25(34-2)28(24)35-3)17-12-22-26(23(32)13-17)27(16-8-10-19(31)11-9-16)30-21-7-5-4-6-20(21)29-22/h4-12,14-15,17,26-27,29-31H,13H2,1-3H3. The Labute approximate surface area is 204 Å². The van der Waals surface area contributed by atoms with Crippen LogP contribution in [0.25, 0.3) is 0 Å².